The predicted molar refractivity (Wildman–Crippen MR) is 101 cm³/mol. The average Bonchev–Trinajstić information content (AvgIpc) is 3.23. The highest BCUT2D eigenvalue weighted by Gasteiger charge is 2.45. The average molecular weight is 385 g/mol. The number of imide groups is 2. The molecule has 2 aromatic rings. The normalized spacial score (nSPS) is 14.2. The van der Waals surface area contributed by atoms with E-state index >= 15 is 0 Å². The molecule has 5 amide bonds. The topological polar surface area (TPSA) is 86.8 Å². The van der Waals surface area contributed by atoms with Crippen molar-refractivity contribution in [2.45, 2.75) is 26.3 Å². The van der Waals surface area contributed by atoms with E-state index in [4.69, 9.17) is 0 Å². The fraction of sp³-hybridized carbons (Fsp3) is 0.263. The highest BCUT2D eigenvalue weighted by molar-refractivity contribution is 7.09. The van der Waals surface area contributed by atoms with Crippen LogP contribution in [0.2, 0.25) is 0 Å². The second kappa shape index (κ2) is 8.13. The van der Waals surface area contributed by atoms with Crippen LogP contribution >= 0.6 is 11.3 Å². The minimum absolute atomic E-state index is 0.0259. The largest absolute Gasteiger partial charge is 0.335 e. The van der Waals surface area contributed by atoms with Gasteiger partial charge in [0.25, 0.3) is 0 Å². The van der Waals surface area contributed by atoms with E-state index in [1.54, 1.807) is 24.3 Å². The smallest absolute Gasteiger partial charge is 0.325 e. The molecule has 1 aromatic heterocycles. The lowest BCUT2D eigenvalue weighted by atomic mass is 10.1. The number of benzene rings is 1. The number of amides is 5. The summed E-state index contributed by atoms with van der Waals surface area (Å²) in [6, 6.07) is 10.2. The van der Waals surface area contributed by atoms with Gasteiger partial charge in [0, 0.05) is 10.6 Å². The Hall–Kier alpha value is -3.00. The molecule has 0 atom stereocenters. The lowest BCUT2D eigenvalue weighted by Crippen LogP contribution is -2.38. The number of hydrogen-bond acceptors (Lipinski definition) is 5. The van der Waals surface area contributed by atoms with Crippen LogP contribution in [0.25, 0.3) is 0 Å². The van der Waals surface area contributed by atoms with Crippen LogP contribution < -0.4 is 5.32 Å². The van der Waals surface area contributed by atoms with Gasteiger partial charge < -0.3 is 5.32 Å². The first kappa shape index (κ1) is 18.8. The van der Waals surface area contributed by atoms with Gasteiger partial charge in [0.1, 0.15) is 6.54 Å². The first-order valence-corrected chi connectivity index (χ1v) is 9.46. The molecule has 0 spiro atoms. The molecule has 1 saturated heterocycles. The molecule has 8 heteroatoms. The van der Waals surface area contributed by atoms with Gasteiger partial charge in [-0.25, -0.2) is 9.69 Å². The Kier molecular flexibility index (Phi) is 5.66. The number of rotatable bonds is 7. The highest BCUT2D eigenvalue weighted by Crippen LogP contribution is 2.19. The second-order valence-corrected chi connectivity index (χ2v) is 7.17. The maximum absolute atomic E-state index is 12.4. The van der Waals surface area contributed by atoms with Gasteiger partial charge in [-0.15, -0.1) is 11.3 Å². The number of aryl methyl sites for hydroxylation is 1. The molecule has 0 saturated carbocycles. The van der Waals surface area contributed by atoms with Gasteiger partial charge in [-0.1, -0.05) is 31.5 Å². The molecule has 140 valence electrons. The minimum Gasteiger partial charge on any atom is -0.325 e. The summed E-state index contributed by atoms with van der Waals surface area (Å²) in [4.78, 5) is 51.1. The summed E-state index contributed by atoms with van der Waals surface area (Å²) in [5, 5.41) is 4.46. The molecule has 3 rings (SSSR count). The molecule has 0 radical (unpaired) electrons. The summed E-state index contributed by atoms with van der Waals surface area (Å²) in [7, 11) is 0. The summed E-state index contributed by atoms with van der Waals surface area (Å²) in [6.07, 6.45) is 1.98. The van der Waals surface area contributed by atoms with E-state index in [-0.39, 0.29) is 6.54 Å². The molecule has 1 fully saturated rings. The Bertz CT molecular complexity index is 862. The van der Waals surface area contributed by atoms with E-state index < -0.39 is 30.3 Å². The maximum atomic E-state index is 12.4. The van der Waals surface area contributed by atoms with Crippen molar-refractivity contribution in [2.24, 2.45) is 0 Å². The third-order valence-electron chi connectivity index (χ3n) is 4.11. The Morgan fingerprint density at radius 1 is 1.04 bits per heavy atom. The lowest BCUT2D eigenvalue weighted by molar-refractivity contribution is -0.143. The van der Waals surface area contributed by atoms with Crippen molar-refractivity contribution >= 4 is 40.8 Å². The second-order valence-electron chi connectivity index (χ2n) is 6.14. The van der Waals surface area contributed by atoms with Crippen LogP contribution in [0.15, 0.2) is 41.8 Å². The monoisotopic (exact) mass is 385 g/mol. The molecule has 1 aromatic carbocycles. The van der Waals surface area contributed by atoms with Crippen molar-refractivity contribution in [3.63, 3.8) is 0 Å². The number of urea groups is 1. The number of thiophene rings is 1. The van der Waals surface area contributed by atoms with Crippen LogP contribution in [0.5, 0.6) is 0 Å². The molecule has 0 aliphatic carbocycles. The third-order valence-corrected chi connectivity index (χ3v) is 4.97. The Labute approximate surface area is 160 Å². The summed E-state index contributed by atoms with van der Waals surface area (Å²) in [5.74, 6) is -2.43. The van der Waals surface area contributed by atoms with Gasteiger partial charge in [0.05, 0.1) is 6.54 Å². The van der Waals surface area contributed by atoms with Gasteiger partial charge in [-0.3, -0.25) is 19.3 Å². The van der Waals surface area contributed by atoms with E-state index in [1.807, 2.05) is 17.5 Å². The third kappa shape index (κ3) is 4.22. The lowest BCUT2D eigenvalue weighted by Gasteiger charge is -2.15. The maximum Gasteiger partial charge on any atom is 0.335 e. The fourth-order valence-corrected chi connectivity index (χ4v) is 3.47. The van der Waals surface area contributed by atoms with Crippen molar-refractivity contribution < 1.29 is 19.2 Å². The van der Waals surface area contributed by atoms with Gasteiger partial charge in [0.15, 0.2) is 0 Å². The number of hydrogen-bond donors (Lipinski definition) is 1. The molecule has 1 aliphatic heterocycles. The van der Waals surface area contributed by atoms with Crippen LogP contribution in [0.3, 0.4) is 0 Å². The summed E-state index contributed by atoms with van der Waals surface area (Å²) < 4.78 is 0. The Balaban J connectivity index is 1.62. The standard InChI is InChI=1S/C19H19N3O4S/c1-2-4-13-6-8-14(9-7-13)20-16(23)12-22-18(25)17(24)21(19(22)26)11-15-5-3-10-27-15/h3,5-10H,2,4,11-12H2,1H3,(H,20,23). The molecule has 27 heavy (non-hydrogen) atoms. The number of carbonyl (C=O) groups is 4. The summed E-state index contributed by atoms with van der Waals surface area (Å²) in [5.41, 5.74) is 1.73. The van der Waals surface area contributed by atoms with Gasteiger partial charge in [-0.05, 0) is 35.6 Å². The van der Waals surface area contributed by atoms with E-state index in [0.717, 1.165) is 28.2 Å². The molecule has 0 unspecified atom stereocenters. The van der Waals surface area contributed by atoms with E-state index in [1.165, 1.54) is 11.3 Å². The van der Waals surface area contributed by atoms with E-state index in [2.05, 4.69) is 12.2 Å². The van der Waals surface area contributed by atoms with Gasteiger partial charge >= 0.3 is 17.8 Å². The fourth-order valence-electron chi connectivity index (χ4n) is 2.78. The zero-order valence-electron chi connectivity index (χ0n) is 14.8. The van der Waals surface area contributed by atoms with Gasteiger partial charge in [-0.2, -0.15) is 0 Å². The van der Waals surface area contributed by atoms with Crippen molar-refractivity contribution in [2.75, 3.05) is 11.9 Å². The summed E-state index contributed by atoms with van der Waals surface area (Å²) in [6.45, 7) is 1.61. The van der Waals surface area contributed by atoms with Crippen LogP contribution in [0.1, 0.15) is 23.8 Å². The minimum atomic E-state index is -0.981. The first-order valence-electron chi connectivity index (χ1n) is 8.58. The predicted octanol–water partition coefficient (Wildman–Crippen LogP) is 2.63. The first-order chi connectivity index (χ1) is 13.0. The Morgan fingerprint density at radius 2 is 1.74 bits per heavy atom. The number of nitrogens with zero attached hydrogens (tertiary/aromatic N) is 2. The highest BCUT2D eigenvalue weighted by atomic mass is 32.1. The number of carbonyl (C=O) groups excluding carboxylic acids is 4. The van der Waals surface area contributed by atoms with Crippen molar-refractivity contribution in [3.05, 3.63) is 52.2 Å². The van der Waals surface area contributed by atoms with Crippen molar-refractivity contribution in [1.82, 2.24) is 9.80 Å². The van der Waals surface area contributed by atoms with E-state index in [0.29, 0.717) is 10.6 Å². The molecule has 7 nitrogen and oxygen atoms in total. The van der Waals surface area contributed by atoms with Gasteiger partial charge in [0.2, 0.25) is 5.91 Å². The Morgan fingerprint density at radius 3 is 2.37 bits per heavy atom. The van der Waals surface area contributed by atoms with E-state index in [9.17, 15) is 19.2 Å². The zero-order valence-corrected chi connectivity index (χ0v) is 15.6. The van der Waals surface area contributed by atoms with Crippen LogP contribution in [-0.2, 0) is 27.3 Å². The number of anilines is 1. The molecule has 0 bridgehead atoms. The quantitative estimate of drug-likeness (QED) is 0.586. The van der Waals surface area contributed by atoms with Crippen LogP contribution in [-0.4, -0.2) is 40.1 Å². The zero-order chi connectivity index (χ0) is 19.4. The number of nitrogens with one attached hydrogen (secondary N) is 1. The SMILES string of the molecule is CCCc1ccc(NC(=O)CN2C(=O)C(=O)N(Cc3cccs3)C2=O)cc1. The molecule has 1 N–H and O–H groups in total. The van der Waals surface area contributed by atoms with Crippen molar-refractivity contribution in [3.8, 4) is 0 Å². The molecular weight excluding hydrogens is 366 g/mol. The molecule has 1 aliphatic rings. The van der Waals surface area contributed by atoms with Crippen LogP contribution in [0, 0.1) is 0 Å². The van der Waals surface area contributed by atoms with Crippen LogP contribution in [0.4, 0.5) is 10.5 Å². The molecule has 2 heterocycles. The van der Waals surface area contributed by atoms with Crippen molar-refractivity contribution in [1.29, 1.82) is 0 Å². The summed E-state index contributed by atoms with van der Waals surface area (Å²) >= 11 is 1.38. The molecular formula is C19H19N3O4S.